The zero-order valence-electron chi connectivity index (χ0n) is 7.04. The Kier molecular flexibility index (Phi) is 2.03. The van der Waals surface area contributed by atoms with Crippen LogP contribution in [0.1, 0.15) is 6.92 Å². The third-order valence-corrected chi connectivity index (χ3v) is 3.16. The zero-order valence-corrected chi connectivity index (χ0v) is 7.94. The number of aliphatic hydroxyl groups is 1. The van der Waals surface area contributed by atoms with Crippen LogP contribution >= 0.6 is 7.82 Å². The Hall–Kier alpha value is 0.0300. The van der Waals surface area contributed by atoms with Crippen LogP contribution in [0.2, 0.25) is 0 Å². The van der Waals surface area contributed by atoms with Gasteiger partial charge in [0, 0.05) is 0 Å². The fourth-order valence-electron chi connectivity index (χ4n) is 1.50. The molecule has 0 radical (unpaired) electrons. The molecule has 0 aliphatic carbocycles. The van der Waals surface area contributed by atoms with Gasteiger partial charge in [0.1, 0.15) is 17.8 Å². The number of hydrogen-bond donors (Lipinski definition) is 2. The molecule has 0 aromatic carbocycles. The highest BCUT2D eigenvalue weighted by molar-refractivity contribution is 7.47. The minimum absolute atomic E-state index is 0.0193. The summed E-state index contributed by atoms with van der Waals surface area (Å²) < 4.78 is 25.4. The largest absolute Gasteiger partial charge is 0.472 e. The van der Waals surface area contributed by atoms with Gasteiger partial charge in [0.05, 0.1) is 13.2 Å². The molecule has 2 fully saturated rings. The SMILES string of the molecule is CC1(O)CO[C@@H]2COP(=O)(O)OC21. The van der Waals surface area contributed by atoms with Crippen LogP contribution in [-0.4, -0.2) is 41.0 Å². The molecule has 0 bridgehead atoms. The summed E-state index contributed by atoms with van der Waals surface area (Å²) in [6.07, 6.45) is -1.23. The van der Waals surface area contributed by atoms with E-state index in [0.29, 0.717) is 0 Å². The van der Waals surface area contributed by atoms with Crippen LogP contribution in [0.4, 0.5) is 0 Å². The van der Waals surface area contributed by atoms with Gasteiger partial charge in [0.15, 0.2) is 0 Å². The monoisotopic (exact) mass is 210 g/mol. The summed E-state index contributed by atoms with van der Waals surface area (Å²) in [5.74, 6) is 0. The third-order valence-electron chi connectivity index (χ3n) is 2.19. The highest BCUT2D eigenvalue weighted by Crippen LogP contribution is 2.52. The van der Waals surface area contributed by atoms with Crippen molar-refractivity contribution < 1.29 is 28.3 Å². The lowest BCUT2D eigenvalue weighted by Crippen LogP contribution is -2.46. The maximum absolute atomic E-state index is 11.0. The summed E-state index contributed by atoms with van der Waals surface area (Å²) in [4.78, 5) is 9.00. The molecule has 0 aromatic rings. The molecule has 13 heavy (non-hydrogen) atoms. The van der Waals surface area contributed by atoms with Gasteiger partial charge < -0.3 is 14.7 Å². The van der Waals surface area contributed by atoms with E-state index in [1.54, 1.807) is 0 Å². The minimum atomic E-state index is -3.98. The van der Waals surface area contributed by atoms with E-state index in [9.17, 15) is 9.67 Å². The molecule has 0 amide bonds. The lowest BCUT2D eigenvalue weighted by atomic mass is 10.00. The lowest BCUT2D eigenvalue weighted by molar-refractivity contribution is -0.0710. The van der Waals surface area contributed by atoms with Gasteiger partial charge in [-0.3, -0.25) is 9.05 Å². The van der Waals surface area contributed by atoms with Crippen LogP contribution in [0.25, 0.3) is 0 Å². The Morgan fingerprint density at radius 1 is 1.62 bits per heavy atom. The Bertz CT molecular complexity index is 264. The summed E-state index contributed by atoms with van der Waals surface area (Å²) in [6, 6.07) is 0. The Morgan fingerprint density at radius 3 is 3.00 bits per heavy atom. The number of phosphoric acid groups is 1. The van der Waals surface area contributed by atoms with Crippen molar-refractivity contribution in [3.8, 4) is 0 Å². The average Bonchev–Trinajstić information content (AvgIpc) is 2.26. The van der Waals surface area contributed by atoms with Crippen LogP contribution in [0, 0.1) is 0 Å². The van der Waals surface area contributed by atoms with Crippen molar-refractivity contribution in [1.29, 1.82) is 0 Å². The Labute approximate surface area is 75.0 Å². The molecule has 0 saturated carbocycles. The normalized spacial score (nSPS) is 56.2. The van der Waals surface area contributed by atoms with Gasteiger partial charge >= 0.3 is 7.82 Å². The van der Waals surface area contributed by atoms with Crippen LogP contribution < -0.4 is 0 Å². The molecule has 0 aromatic heterocycles. The van der Waals surface area contributed by atoms with Crippen LogP contribution in [0.3, 0.4) is 0 Å². The zero-order chi connectivity index (χ0) is 9.69. The van der Waals surface area contributed by atoms with Gasteiger partial charge in [-0.15, -0.1) is 0 Å². The first kappa shape index (κ1) is 9.58. The quantitative estimate of drug-likeness (QED) is 0.531. The Morgan fingerprint density at radius 2 is 2.31 bits per heavy atom. The van der Waals surface area contributed by atoms with E-state index in [1.165, 1.54) is 6.92 Å². The highest BCUT2D eigenvalue weighted by atomic mass is 31.2. The van der Waals surface area contributed by atoms with E-state index in [-0.39, 0.29) is 13.2 Å². The molecule has 0 spiro atoms. The van der Waals surface area contributed by atoms with Gasteiger partial charge in [-0.05, 0) is 6.92 Å². The third kappa shape index (κ3) is 1.66. The lowest BCUT2D eigenvalue weighted by Gasteiger charge is -2.32. The van der Waals surface area contributed by atoms with E-state index < -0.39 is 25.6 Å². The second kappa shape index (κ2) is 2.76. The van der Waals surface area contributed by atoms with Crippen molar-refractivity contribution in [2.24, 2.45) is 0 Å². The summed E-state index contributed by atoms with van der Waals surface area (Å²) in [7, 11) is -3.98. The van der Waals surface area contributed by atoms with Crippen LogP contribution in [-0.2, 0) is 18.3 Å². The molecule has 7 heteroatoms. The van der Waals surface area contributed by atoms with Gasteiger partial charge in [0.2, 0.25) is 0 Å². The number of phosphoric ester groups is 1. The van der Waals surface area contributed by atoms with E-state index in [2.05, 4.69) is 4.52 Å². The van der Waals surface area contributed by atoms with Crippen LogP contribution in [0.5, 0.6) is 0 Å². The fraction of sp³-hybridized carbons (Fsp3) is 1.00. The molecule has 2 N–H and O–H groups in total. The highest BCUT2D eigenvalue weighted by Gasteiger charge is 2.53. The molecule has 2 heterocycles. The molecule has 3 unspecified atom stereocenters. The number of fused-ring (bicyclic) bond motifs is 1. The molecule has 2 aliphatic rings. The van der Waals surface area contributed by atoms with Crippen molar-refractivity contribution in [2.75, 3.05) is 13.2 Å². The average molecular weight is 210 g/mol. The fourth-order valence-corrected chi connectivity index (χ4v) is 2.55. The van der Waals surface area contributed by atoms with Gasteiger partial charge in [-0.25, -0.2) is 4.57 Å². The first-order valence-electron chi connectivity index (χ1n) is 3.90. The van der Waals surface area contributed by atoms with Crippen molar-refractivity contribution >= 4 is 7.82 Å². The van der Waals surface area contributed by atoms with Crippen molar-refractivity contribution in [1.82, 2.24) is 0 Å². The van der Waals surface area contributed by atoms with Crippen molar-refractivity contribution in [3.63, 3.8) is 0 Å². The molecular formula is C6H11O6P. The smallest absolute Gasteiger partial charge is 0.385 e. The molecule has 76 valence electrons. The first-order valence-corrected chi connectivity index (χ1v) is 5.40. The summed E-state index contributed by atoms with van der Waals surface area (Å²) in [6.45, 7) is 1.57. The molecule has 4 atom stereocenters. The molecule has 2 saturated heterocycles. The molecule has 2 aliphatic heterocycles. The second-order valence-corrected chi connectivity index (χ2v) is 4.90. The van der Waals surface area contributed by atoms with Gasteiger partial charge in [-0.2, -0.15) is 0 Å². The summed E-state index contributed by atoms with van der Waals surface area (Å²) >= 11 is 0. The van der Waals surface area contributed by atoms with Gasteiger partial charge in [0.25, 0.3) is 0 Å². The number of ether oxygens (including phenoxy) is 1. The Balaban J connectivity index is 2.19. The maximum Gasteiger partial charge on any atom is 0.472 e. The summed E-state index contributed by atoms with van der Waals surface area (Å²) in [5, 5.41) is 9.68. The minimum Gasteiger partial charge on any atom is -0.385 e. The van der Waals surface area contributed by atoms with E-state index >= 15 is 0 Å². The van der Waals surface area contributed by atoms with Gasteiger partial charge in [-0.1, -0.05) is 0 Å². The van der Waals surface area contributed by atoms with E-state index in [0.717, 1.165) is 0 Å². The van der Waals surface area contributed by atoms with Crippen LogP contribution in [0.15, 0.2) is 0 Å². The van der Waals surface area contributed by atoms with Crippen molar-refractivity contribution in [3.05, 3.63) is 0 Å². The summed E-state index contributed by atoms with van der Waals surface area (Å²) in [5.41, 5.74) is -1.22. The number of hydrogen-bond acceptors (Lipinski definition) is 5. The standard InChI is InChI=1S/C6H11O6P/c1-6(7)3-10-4-2-11-13(8,9)12-5(4)6/h4-5,7H,2-3H2,1H3,(H,8,9)/t4-,5?,6?/m1/s1. The predicted molar refractivity (Wildman–Crippen MR) is 41.0 cm³/mol. The number of rotatable bonds is 0. The predicted octanol–water partition coefficient (Wildman–Crippen LogP) is -0.348. The molecule has 6 nitrogen and oxygen atoms in total. The van der Waals surface area contributed by atoms with E-state index in [4.69, 9.17) is 14.2 Å². The molecule has 2 rings (SSSR count). The maximum atomic E-state index is 11.0. The first-order chi connectivity index (χ1) is 5.91. The second-order valence-electron chi connectivity index (χ2n) is 3.50. The van der Waals surface area contributed by atoms with E-state index in [1.807, 2.05) is 0 Å². The topological polar surface area (TPSA) is 85.2 Å². The van der Waals surface area contributed by atoms with Crippen molar-refractivity contribution in [2.45, 2.75) is 24.7 Å². The molecular weight excluding hydrogens is 199 g/mol.